The van der Waals surface area contributed by atoms with E-state index in [2.05, 4.69) is 19.1 Å². The maximum atomic E-state index is 11.8. The zero-order valence-electron chi connectivity index (χ0n) is 15.2. The van der Waals surface area contributed by atoms with Gasteiger partial charge in [-0.3, -0.25) is 4.79 Å². The topological polar surface area (TPSA) is 48.0 Å². The summed E-state index contributed by atoms with van der Waals surface area (Å²) in [6.07, 6.45) is 8.79. The molecule has 5 heteroatoms. The van der Waals surface area contributed by atoms with Crippen LogP contribution >= 0.6 is 0 Å². The van der Waals surface area contributed by atoms with Crippen molar-refractivity contribution in [1.29, 1.82) is 0 Å². The lowest BCUT2D eigenvalue weighted by Crippen LogP contribution is -2.43. The fourth-order valence-electron chi connectivity index (χ4n) is 3.90. The van der Waals surface area contributed by atoms with Gasteiger partial charge >= 0.3 is 0 Å². The first-order valence-electron chi connectivity index (χ1n) is 8.45. The SMILES string of the molecule is COC1=CCC(C)([C@H]2c3cc(OC)c(OC)cc3CCN2C=O)C=C1. The number of carbonyl (C=O) groups is 1. The summed E-state index contributed by atoms with van der Waals surface area (Å²) in [5.41, 5.74) is 2.12. The Hall–Kier alpha value is -2.43. The Balaban J connectivity index is 2.08. The van der Waals surface area contributed by atoms with Gasteiger partial charge in [0.25, 0.3) is 0 Å². The van der Waals surface area contributed by atoms with Crippen LogP contribution in [-0.4, -0.2) is 39.2 Å². The number of hydrogen-bond donors (Lipinski definition) is 0. The second-order valence-electron chi connectivity index (χ2n) is 6.76. The molecule has 0 fully saturated rings. The molecule has 3 rings (SSSR count). The monoisotopic (exact) mass is 343 g/mol. The van der Waals surface area contributed by atoms with E-state index in [0.717, 1.165) is 36.3 Å². The van der Waals surface area contributed by atoms with Gasteiger partial charge in [0.1, 0.15) is 5.76 Å². The highest BCUT2D eigenvalue weighted by molar-refractivity contribution is 5.56. The van der Waals surface area contributed by atoms with Gasteiger partial charge in [-0.2, -0.15) is 0 Å². The fraction of sp³-hybridized carbons (Fsp3) is 0.450. The first-order valence-corrected chi connectivity index (χ1v) is 8.45. The molecule has 1 aliphatic carbocycles. The third-order valence-corrected chi connectivity index (χ3v) is 5.28. The summed E-state index contributed by atoms with van der Waals surface area (Å²) in [6.45, 7) is 2.88. The average Bonchev–Trinajstić information content (AvgIpc) is 2.66. The molecule has 25 heavy (non-hydrogen) atoms. The number of hydrogen-bond acceptors (Lipinski definition) is 4. The number of amides is 1. The van der Waals surface area contributed by atoms with Gasteiger partial charge in [-0.05, 0) is 48.3 Å². The minimum absolute atomic E-state index is 0.0561. The molecule has 0 radical (unpaired) electrons. The van der Waals surface area contributed by atoms with Crippen LogP contribution in [0.5, 0.6) is 11.5 Å². The lowest BCUT2D eigenvalue weighted by molar-refractivity contribution is -0.122. The van der Waals surface area contributed by atoms with Crippen molar-refractivity contribution in [3.8, 4) is 11.5 Å². The van der Waals surface area contributed by atoms with Gasteiger partial charge in [0.2, 0.25) is 6.41 Å². The molecule has 0 aromatic heterocycles. The van der Waals surface area contributed by atoms with Crippen LogP contribution in [0.2, 0.25) is 0 Å². The summed E-state index contributed by atoms with van der Waals surface area (Å²) in [5, 5.41) is 0. The van der Waals surface area contributed by atoms with Gasteiger partial charge in [0.05, 0.1) is 27.4 Å². The normalized spacial score (nSPS) is 25.0. The second-order valence-corrected chi connectivity index (χ2v) is 6.76. The molecule has 2 atom stereocenters. The lowest BCUT2D eigenvalue weighted by atomic mass is 9.71. The van der Waals surface area contributed by atoms with Crippen LogP contribution in [-0.2, 0) is 16.0 Å². The van der Waals surface area contributed by atoms with Crippen molar-refractivity contribution < 1.29 is 19.0 Å². The molecule has 0 bridgehead atoms. The first-order chi connectivity index (χ1) is 12.1. The molecule has 1 heterocycles. The number of allylic oxidation sites excluding steroid dienone is 2. The summed E-state index contributed by atoms with van der Waals surface area (Å²) < 4.78 is 16.3. The maximum absolute atomic E-state index is 11.8. The number of methoxy groups -OCH3 is 3. The van der Waals surface area contributed by atoms with E-state index in [1.807, 2.05) is 23.1 Å². The van der Waals surface area contributed by atoms with Gasteiger partial charge in [-0.25, -0.2) is 0 Å². The molecule has 0 saturated heterocycles. The van der Waals surface area contributed by atoms with E-state index < -0.39 is 0 Å². The van der Waals surface area contributed by atoms with Gasteiger partial charge in [-0.1, -0.05) is 13.0 Å². The quantitative estimate of drug-likeness (QED) is 0.770. The molecule has 2 aliphatic rings. The van der Waals surface area contributed by atoms with Crippen molar-refractivity contribution in [1.82, 2.24) is 4.90 Å². The van der Waals surface area contributed by atoms with E-state index in [9.17, 15) is 4.79 Å². The Morgan fingerprint density at radius 3 is 2.44 bits per heavy atom. The Labute approximate surface area is 148 Å². The summed E-state index contributed by atoms with van der Waals surface area (Å²) in [6, 6.07) is 4.00. The third-order valence-electron chi connectivity index (χ3n) is 5.28. The van der Waals surface area contributed by atoms with Crippen molar-refractivity contribution >= 4 is 6.41 Å². The second kappa shape index (κ2) is 6.82. The number of rotatable bonds is 5. The number of benzene rings is 1. The first kappa shape index (κ1) is 17.4. The van der Waals surface area contributed by atoms with Crippen LogP contribution in [0.15, 0.2) is 36.1 Å². The van der Waals surface area contributed by atoms with Gasteiger partial charge in [0.15, 0.2) is 11.5 Å². The fourth-order valence-corrected chi connectivity index (χ4v) is 3.90. The summed E-state index contributed by atoms with van der Waals surface area (Å²) in [4.78, 5) is 13.7. The van der Waals surface area contributed by atoms with E-state index in [1.165, 1.54) is 5.56 Å². The van der Waals surface area contributed by atoms with Crippen LogP contribution in [0.25, 0.3) is 0 Å². The molecule has 1 amide bonds. The molecule has 0 spiro atoms. The average molecular weight is 343 g/mol. The Morgan fingerprint density at radius 1 is 1.16 bits per heavy atom. The minimum Gasteiger partial charge on any atom is -0.497 e. The smallest absolute Gasteiger partial charge is 0.210 e. The van der Waals surface area contributed by atoms with Crippen molar-refractivity contribution in [2.75, 3.05) is 27.9 Å². The maximum Gasteiger partial charge on any atom is 0.210 e. The van der Waals surface area contributed by atoms with Gasteiger partial charge in [-0.15, -0.1) is 0 Å². The van der Waals surface area contributed by atoms with Crippen molar-refractivity contribution in [2.24, 2.45) is 5.41 Å². The zero-order valence-corrected chi connectivity index (χ0v) is 15.2. The highest BCUT2D eigenvalue weighted by atomic mass is 16.5. The number of fused-ring (bicyclic) bond motifs is 1. The summed E-state index contributed by atoms with van der Waals surface area (Å²) in [7, 11) is 4.95. The largest absolute Gasteiger partial charge is 0.497 e. The van der Waals surface area contributed by atoms with Crippen molar-refractivity contribution in [2.45, 2.75) is 25.8 Å². The van der Waals surface area contributed by atoms with E-state index in [1.54, 1.807) is 21.3 Å². The third kappa shape index (κ3) is 2.99. The molecule has 0 N–H and O–H groups in total. The minimum atomic E-state index is -0.211. The Bertz CT molecular complexity index is 725. The lowest BCUT2D eigenvalue weighted by Gasteiger charge is -2.45. The molecule has 0 saturated carbocycles. The highest BCUT2D eigenvalue weighted by Gasteiger charge is 2.41. The number of ether oxygens (including phenoxy) is 3. The Morgan fingerprint density at radius 2 is 1.88 bits per heavy atom. The molecule has 1 aliphatic heterocycles. The molecule has 1 aromatic carbocycles. The van der Waals surface area contributed by atoms with Crippen molar-refractivity contribution in [3.05, 3.63) is 47.2 Å². The van der Waals surface area contributed by atoms with Crippen LogP contribution in [0.3, 0.4) is 0 Å². The molecule has 1 aromatic rings. The predicted octanol–water partition coefficient (Wildman–Crippen LogP) is 3.26. The number of carbonyl (C=O) groups excluding carboxylic acids is 1. The van der Waals surface area contributed by atoms with Crippen LogP contribution in [0.4, 0.5) is 0 Å². The molecular formula is C20H25NO4. The highest BCUT2D eigenvalue weighted by Crippen LogP contribution is 2.49. The predicted molar refractivity (Wildman–Crippen MR) is 95.7 cm³/mol. The van der Waals surface area contributed by atoms with E-state index in [4.69, 9.17) is 14.2 Å². The van der Waals surface area contributed by atoms with Crippen LogP contribution in [0, 0.1) is 5.41 Å². The van der Waals surface area contributed by atoms with E-state index >= 15 is 0 Å². The van der Waals surface area contributed by atoms with E-state index in [0.29, 0.717) is 12.3 Å². The van der Waals surface area contributed by atoms with E-state index in [-0.39, 0.29) is 11.5 Å². The molecular weight excluding hydrogens is 318 g/mol. The summed E-state index contributed by atoms with van der Waals surface area (Å²) >= 11 is 0. The molecule has 134 valence electrons. The van der Waals surface area contributed by atoms with Gasteiger partial charge < -0.3 is 19.1 Å². The zero-order chi connectivity index (χ0) is 18.0. The summed E-state index contributed by atoms with van der Waals surface area (Å²) in [5.74, 6) is 2.28. The van der Waals surface area contributed by atoms with Crippen LogP contribution < -0.4 is 9.47 Å². The molecule has 1 unspecified atom stereocenters. The van der Waals surface area contributed by atoms with Crippen molar-refractivity contribution in [3.63, 3.8) is 0 Å². The Kier molecular flexibility index (Phi) is 4.75. The van der Waals surface area contributed by atoms with Gasteiger partial charge in [0, 0.05) is 12.0 Å². The standard InChI is InChI=1S/C20H25NO4/c1-20(8-5-15(23-2)6-9-20)19-16-12-18(25-4)17(24-3)11-14(16)7-10-21(19)13-22/h5-6,8,11-13,19H,7,9-10H2,1-4H3/t19-,20?/m1/s1. The number of nitrogens with zero attached hydrogens (tertiary/aromatic N) is 1. The molecule has 5 nitrogen and oxygen atoms in total. The van der Waals surface area contributed by atoms with Crippen LogP contribution in [0.1, 0.15) is 30.5 Å².